The molecule has 1 aromatic rings. The maximum absolute atomic E-state index is 5.65. The molecule has 106 valence electrons. The molecule has 1 saturated heterocycles. The molecule has 0 aromatic heterocycles. The fourth-order valence-corrected chi connectivity index (χ4v) is 2.64. The minimum Gasteiger partial charge on any atom is -0.378 e. The van der Waals surface area contributed by atoms with E-state index in [0.717, 1.165) is 19.6 Å². The van der Waals surface area contributed by atoms with E-state index >= 15 is 0 Å². The van der Waals surface area contributed by atoms with Crippen molar-refractivity contribution in [1.82, 2.24) is 5.32 Å². The SMILES string of the molecule is COC1(CNC(C)c2cc(C)ccc2C)CCOC1. The van der Waals surface area contributed by atoms with Gasteiger partial charge in [-0.05, 0) is 31.9 Å². The van der Waals surface area contributed by atoms with E-state index in [-0.39, 0.29) is 5.60 Å². The van der Waals surface area contributed by atoms with Crippen LogP contribution < -0.4 is 5.32 Å². The molecule has 1 heterocycles. The van der Waals surface area contributed by atoms with Crippen LogP contribution in [0.3, 0.4) is 0 Å². The Kier molecular flexibility index (Phi) is 4.61. The van der Waals surface area contributed by atoms with Crippen molar-refractivity contribution in [2.45, 2.75) is 38.8 Å². The Hall–Kier alpha value is -0.900. The molecule has 1 aliphatic heterocycles. The number of benzene rings is 1. The lowest BCUT2D eigenvalue weighted by Crippen LogP contribution is -2.43. The van der Waals surface area contributed by atoms with Crippen LogP contribution in [-0.2, 0) is 9.47 Å². The fourth-order valence-electron chi connectivity index (χ4n) is 2.64. The van der Waals surface area contributed by atoms with E-state index in [1.807, 2.05) is 0 Å². The Balaban J connectivity index is 2.00. The van der Waals surface area contributed by atoms with E-state index in [9.17, 15) is 0 Å². The van der Waals surface area contributed by atoms with Crippen LogP contribution in [0, 0.1) is 13.8 Å². The topological polar surface area (TPSA) is 30.5 Å². The molecule has 3 nitrogen and oxygen atoms in total. The smallest absolute Gasteiger partial charge is 0.106 e. The lowest BCUT2D eigenvalue weighted by atomic mass is 9.98. The number of rotatable bonds is 5. The van der Waals surface area contributed by atoms with Crippen LogP contribution in [0.1, 0.15) is 36.1 Å². The first kappa shape index (κ1) is 14.5. The lowest BCUT2D eigenvalue weighted by Gasteiger charge is -2.28. The van der Waals surface area contributed by atoms with Crippen molar-refractivity contribution in [3.63, 3.8) is 0 Å². The predicted molar refractivity (Wildman–Crippen MR) is 77.5 cm³/mol. The Labute approximate surface area is 116 Å². The van der Waals surface area contributed by atoms with E-state index in [4.69, 9.17) is 9.47 Å². The van der Waals surface area contributed by atoms with Gasteiger partial charge in [0.1, 0.15) is 5.60 Å². The molecule has 1 fully saturated rings. The molecular formula is C16H25NO2. The molecule has 3 heteroatoms. The van der Waals surface area contributed by atoms with Gasteiger partial charge in [0.15, 0.2) is 0 Å². The summed E-state index contributed by atoms with van der Waals surface area (Å²) in [6.45, 7) is 8.83. The average molecular weight is 263 g/mol. The minimum atomic E-state index is -0.147. The van der Waals surface area contributed by atoms with E-state index < -0.39 is 0 Å². The quantitative estimate of drug-likeness (QED) is 0.886. The van der Waals surface area contributed by atoms with Crippen molar-refractivity contribution >= 4 is 0 Å². The third kappa shape index (κ3) is 3.35. The van der Waals surface area contributed by atoms with Gasteiger partial charge in [-0.1, -0.05) is 23.8 Å². The summed E-state index contributed by atoms with van der Waals surface area (Å²) in [6, 6.07) is 6.94. The second-order valence-electron chi connectivity index (χ2n) is 5.65. The second-order valence-corrected chi connectivity index (χ2v) is 5.65. The first-order valence-corrected chi connectivity index (χ1v) is 7.00. The van der Waals surface area contributed by atoms with Gasteiger partial charge >= 0.3 is 0 Å². The van der Waals surface area contributed by atoms with Gasteiger partial charge in [0, 0.05) is 32.7 Å². The number of hydrogen-bond acceptors (Lipinski definition) is 3. The summed E-state index contributed by atoms with van der Waals surface area (Å²) in [5.41, 5.74) is 3.86. The van der Waals surface area contributed by atoms with Crippen molar-refractivity contribution in [3.05, 3.63) is 34.9 Å². The Morgan fingerprint density at radius 2 is 2.21 bits per heavy atom. The molecule has 1 N–H and O–H groups in total. The van der Waals surface area contributed by atoms with Crippen molar-refractivity contribution in [2.24, 2.45) is 0 Å². The van der Waals surface area contributed by atoms with Crippen LogP contribution in [0.25, 0.3) is 0 Å². The van der Waals surface area contributed by atoms with Gasteiger partial charge in [0.05, 0.1) is 6.61 Å². The zero-order chi connectivity index (χ0) is 13.9. The molecule has 0 saturated carbocycles. The maximum atomic E-state index is 5.65. The van der Waals surface area contributed by atoms with Crippen LogP contribution in [0.2, 0.25) is 0 Å². The van der Waals surface area contributed by atoms with Crippen molar-refractivity contribution in [1.29, 1.82) is 0 Å². The fraction of sp³-hybridized carbons (Fsp3) is 0.625. The number of hydrogen-bond donors (Lipinski definition) is 1. The summed E-state index contributed by atoms with van der Waals surface area (Å²) in [6.07, 6.45) is 0.968. The Bertz CT molecular complexity index is 425. The normalized spacial score (nSPS) is 24.6. The molecule has 1 aromatic carbocycles. The highest BCUT2D eigenvalue weighted by atomic mass is 16.5. The van der Waals surface area contributed by atoms with E-state index in [0.29, 0.717) is 12.6 Å². The molecule has 0 amide bonds. The molecule has 0 radical (unpaired) electrons. The molecule has 2 atom stereocenters. The summed E-state index contributed by atoms with van der Waals surface area (Å²) < 4.78 is 11.1. The maximum Gasteiger partial charge on any atom is 0.106 e. The van der Waals surface area contributed by atoms with E-state index in [1.54, 1.807) is 7.11 Å². The Morgan fingerprint density at radius 1 is 1.42 bits per heavy atom. The summed E-state index contributed by atoms with van der Waals surface area (Å²) in [4.78, 5) is 0. The minimum absolute atomic E-state index is 0.147. The summed E-state index contributed by atoms with van der Waals surface area (Å²) >= 11 is 0. The zero-order valence-electron chi connectivity index (χ0n) is 12.5. The lowest BCUT2D eigenvalue weighted by molar-refractivity contribution is -0.0172. The van der Waals surface area contributed by atoms with Gasteiger partial charge in [-0.25, -0.2) is 0 Å². The molecule has 19 heavy (non-hydrogen) atoms. The van der Waals surface area contributed by atoms with Gasteiger partial charge in [0.25, 0.3) is 0 Å². The van der Waals surface area contributed by atoms with Gasteiger partial charge in [-0.15, -0.1) is 0 Å². The van der Waals surface area contributed by atoms with Crippen LogP contribution in [0.4, 0.5) is 0 Å². The number of methoxy groups -OCH3 is 1. The average Bonchev–Trinajstić information content (AvgIpc) is 2.88. The first-order chi connectivity index (χ1) is 9.06. The highest BCUT2D eigenvalue weighted by Gasteiger charge is 2.35. The van der Waals surface area contributed by atoms with Crippen LogP contribution in [-0.4, -0.2) is 32.5 Å². The monoisotopic (exact) mass is 263 g/mol. The van der Waals surface area contributed by atoms with Crippen LogP contribution in [0.15, 0.2) is 18.2 Å². The largest absolute Gasteiger partial charge is 0.378 e. The van der Waals surface area contributed by atoms with Gasteiger partial charge in [-0.3, -0.25) is 0 Å². The molecular weight excluding hydrogens is 238 g/mol. The standard InChI is InChI=1S/C16H25NO2/c1-12-5-6-13(2)15(9-12)14(3)17-10-16(18-4)7-8-19-11-16/h5-6,9,14,17H,7-8,10-11H2,1-4H3. The third-order valence-electron chi connectivity index (χ3n) is 4.13. The predicted octanol–water partition coefficient (Wildman–Crippen LogP) is 2.76. The number of aryl methyl sites for hydroxylation is 2. The molecule has 0 bridgehead atoms. The van der Waals surface area contributed by atoms with E-state index in [1.165, 1.54) is 16.7 Å². The van der Waals surface area contributed by atoms with Crippen LogP contribution >= 0.6 is 0 Å². The molecule has 2 rings (SSSR count). The molecule has 2 unspecified atom stereocenters. The first-order valence-electron chi connectivity index (χ1n) is 7.00. The second kappa shape index (κ2) is 6.04. The van der Waals surface area contributed by atoms with Crippen molar-refractivity contribution in [2.75, 3.05) is 26.9 Å². The molecule has 0 aliphatic carbocycles. The van der Waals surface area contributed by atoms with Gasteiger partial charge in [0.2, 0.25) is 0 Å². The zero-order valence-corrected chi connectivity index (χ0v) is 12.5. The third-order valence-corrected chi connectivity index (χ3v) is 4.13. The highest BCUT2D eigenvalue weighted by Crippen LogP contribution is 2.24. The van der Waals surface area contributed by atoms with Crippen LogP contribution in [0.5, 0.6) is 0 Å². The van der Waals surface area contributed by atoms with Gasteiger partial charge < -0.3 is 14.8 Å². The summed E-state index contributed by atoms with van der Waals surface area (Å²) in [5, 5.41) is 3.60. The number of nitrogens with one attached hydrogen (secondary N) is 1. The summed E-state index contributed by atoms with van der Waals surface area (Å²) in [5.74, 6) is 0. The van der Waals surface area contributed by atoms with Gasteiger partial charge in [-0.2, -0.15) is 0 Å². The highest BCUT2D eigenvalue weighted by molar-refractivity contribution is 5.32. The summed E-state index contributed by atoms with van der Waals surface area (Å²) in [7, 11) is 1.78. The number of ether oxygens (including phenoxy) is 2. The molecule has 1 aliphatic rings. The van der Waals surface area contributed by atoms with Crippen molar-refractivity contribution in [3.8, 4) is 0 Å². The van der Waals surface area contributed by atoms with Crippen molar-refractivity contribution < 1.29 is 9.47 Å². The molecule has 0 spiro atoms. The Morgan fingerprint density at radius 3 is 2.84 bits per heavy atom. The van der Waals surface area contributed by atoms with E-state index in [2.05, 4.69) is 44.3 Å².